The van der Waals surface area contributed by atoms with Crippen molar-refractivity contribution in [1.82, 2.24) is 5.32 Å². The number of hydrogen-bond donors (Lipinski definition) is 1. The first-order chi connectivity index (χ1) is 7.19. The smallest absolute Gasteiger partial charge is 0.254 e. The van der Waals surface area contributed by atoms with Crippen LogP contribution in [0.15, 0.2) is 18.2 Å². The SMILES string of the molecule is CCCOc1cc(F)ccc1C(=O)NC. The summed E-state index contributed by atoms with van der Waals surface area (Å²) >= 11 is 0. The summed E-state index contributed by atoms with van der Waals surface area (Å²) < 4.78 is 18.2. The quantitative estimate of drug-likeness (QED) is 0.826. The zero-order chi connectivity index (χ0) is 11.3. The number of amides is 1. The van der Waals surface area contributed by atoms with Crippen LogP contribution in [0.1, 0.15) is 23.7 Å². The van der Waals surface area contributed by atoms with Crippen LogP contribution in [0.3, 0.4) is 0 Å². The number of carbonyl (C=O) groups is 1. The van der Waals surface area contributed by atoms with E-state index in [2.05, 4.69) is 5.32 Å². The molecule has 0 fully saturated rings. The fraction of sp³-hybridized carbons (Fsp3) is 0.364. The summed E-state index contributed by atoms with van der Waals surface area (Å²) in [6, 6.07) is 3.88. The Morgan fingerprint density at radius 2 is 2.27 bits per heavy atom. The van der Waals surface area contributed by atoms with E-state index in [1.807, 2.05) is 6.92 Å². The molecule has 0 aliphatic rings. The summed E-state index contributed by atoms with van der Waals surface area (Å²) in [5, 5.41) is 2.48. The van der Waals surface area contributed by atoms with E-state index in [0.29, 0.717) is 12.2 Å². The zero-order valence-electron chi connectivity index (χ0n) is 8.84. The van der Waals surface area contributed by atoms with Crippen LogP contribution in [0.5, 0.6) is 5.75 Å². The molecule has 0 saturated heterocycles. The van der Waals surface area contributed by atoms with Gasteiger partial charge >= 0.3 is 0 Å². The van der Waals surface area contributed by atoms with Gasteiger partial charge in [0.05, 0.1) is 12.2 Å². The predicted molar refractivity (Wildman–Crippen MR) is 55.6 cm³/mol. The fourth-order valence-electron chi connectivity index (χ4n) is 1.15. The summed E-state index contributed by atoms with van der Waals surface area (Å²) in [7, 11) is 1.52. The normalized spacial score (nSPS) is 9.80. The molecule has 0 unspecified atom stereocenters. The lowest BCUT2D eigenvalue weighted by Gasteiger charge is -2.09. The molecular formula is C11H14FNO2. The molecule has 3 nitrogen and oxygen atoms in total. The highest BCUT2D eigenvalue weighted by Crippen LogP contribution is 2.20. The molecule has 0 radical (unpaired) electrons. The lowest BCUT2D eigenvalue weighted by atomic mass is 10.2. The molecule has 1 N–H and O–H groups in total. The van der Waals surface area contributed by atoms with Crippen LogP contribution >= 0.6 is 0 Å². The van der Waals surface area contributed by atoms with Crippen LogP contribution < -0.4 is 10.1 Å². The van der Waals surface area contributed by atoms with Gasteiger partial charge < -0.3 is 10.1 Å². The molecule has 1 rings (SSSR count). The van der Waals surface area contributed by atoms with Crippen molar-refractivity contribution in [3.8, 4) is 5.75 Å². The van der Waals surface area contributed by atoms with Crippen LogP contribution in [0.4, 0.5) is 4.39 Å². The first-order valence-corrected chi connectivity index (χ1v) is 4.83. The van der Waals surface area contributed by atoms with E-state index in [9.17, 15) is 9.18 Å². The molecule has 1 amide bonds. The van der Waals surface area contributed by atoms with Crippen molar-refractivity contribution >= 4 is 5.91 Å². The van der Waals surface area contributed by atoms with Gasteiger partial charge in [-0.1, -0.05) is 6.92 Å². The highest BCUT2D eigenvalue weighted by molar-refractivity contribution is 5.96. The van der Waals surface area contributed by atoms with Gasteiger partial charge in [0, 0.05) is 13.1 Å². The van der Waals surface area contributed by atoms with Gasteiger partial charge in [0.2, 0.25) is 0 Å². The molecule has 0 heterocycles. The first kappa shape index (κ1) is 11.5. The van der Waals surface area contributed by atoms with E-state index in [0.717, 1.165) is 6.42 Å². The van der Waals surface area contributed by atoms with Gasteiger partial charge in [0.25, 0.3) is 5.91 Å². The summed E-state index contributed by atoms with van der Waals surface area (Å²) in [4.78, 5) is 11.4. The maximum absolute atomic E-state index is 12.9. The molecule has 15 heavy (non-hydrogen) atoms. The van der Waals surface area contributed by atoms with E-state index in [4.69, 9.17) is 4.74 Å². The lowest BCUT2D eigenvalue weighted by molar-refractivity contribution is 0.0959. The van der Waals surface area contributed by atoms with Gasteiger partial charge in [-0.15, -0.1) is 0 Å². The number of ether oxygens (including phenoxy) is 1. The number of halogens is 1. The molecule has 0 aliphatic carbocycles. The first-order valence-electron chi connectivity index (χ1n) is 4.83. The van der Waals surface area contributed by atoms with Crippen LogP contribution in [-0.2, 0) is 0 Å². The summed E-state index contributed by atoms with van der Waals surface area (Å²) in [6.07, 6.45) is 0.809. The van der Waals surface area contributed by atoms with E-state index < -0.39 is 5.82 Å². The summed E-state index contributed by atoms with van der Waals surface area (Å²) in [6.45, 7) is 2.41. The van der Waals surface area contributed by atoms with Crippen molar-refractivity contribution in [2.45, 2.75) is 13.3 Å². The van der Waals surface area contributed by atoms with Gasteiger partial charge in [0.15, 0.2) is 0 Å². The average Bonchev–Trinajstić information content (AvgIpc) is 2.25. The van der Waals surface area contributed by atoms with E-state index in [1.165, 1.54) is 25.2 Å². The maximum Gasteiger partial charge on any atom is 0.254 e. The third kappa shape index (κ3) is 2.94. The molecule has 0 aromatic heterocycles. The molecular weight excluding hydrogens is 197 g/mol. The average molecular weight is 211 g/mol. The number of carbonyl (C=O) groups excluding carboxylic acids is 1. The van der Waals surface area contributed by atoms with Crippen LogP contribution in [-0.4, -0.2) is 19.6 Å². The Balaban J connectivity index is 2.97. The minimum absolute atomic E-state index is 0.277. The van der Waals surface area contributed by atoms with E-state index >= 15 is 0 Å². The minimum atomic E-state index is -0.409. The fourth-order valence-corrected chi connectivity index (χ4v) is 1.15. The number of nitrogens with one attached hydrogen (secondary N) is 1. The summed E-state index contributed by atoms with van der Waals surface area (Å²) in [5.41, 5.74) is 0.354. The second-order valence-electron chi connectivity index (χ2n) is 3.07. The van der Waals surface area contributed by atoms with Crippen molar-refractivity contribution in [3.05, 3.63) is 29.6 Å². The van der Waals surface area contributed by atoms with Crippen LogP contribution in [0.25, 0.3) is 0 Å². The number of hydrogen-bond acceptors (Lipinski definition) is 2. The number of rotatable bonds is 4. The monoisotopic (exact) mass is 211 g/mol. The van der Waals surface area contributed by atoms with E-state index in [1.54, 1.807) is 0 Å². The maximum atomic E-state index is 12.9. The Kier molecular flexibility index (Phi) is 4.09. The molecule has 82 valence electrons. The van der Waals surface area contributed by atoms with Crippen LogP contribution in [0, 0.1) is 5.82 Å². The Labute approximate surface area is 88.2 Å². The molecule has 0 spiro atoms. The third-order valence-electron chi connectivity index (χ3n) is 1.88. The zero-order valence-corrected chi connectivity index (χ0v) is 8.84. The van der Waals surface area contributed by atoms with Gasteiger partial charge in [-0.2, -0.15) is 0 Å². The Morgan fingerprint density at radius 1 is 1.53 bits per heavy atom. The molecule has 4 heteroatoms. The van der Waals surface area contributed by atoms with Gasteiger partial charge in [-0.25, -0.2) is 4.39 Å². The van der Waals surface area contributed by atoms with Crippen molar-refractivity contribution in [2.75, 3.05) is 13.7 Å². The lowest BCUT2D eigenvalue weighted by Crippen LogP contribution is -2.19. The van der Waals surface area contributed by atoms with E-state index in [-0.39, 0.29) is 11.7 Å². The minimum Gasteiger partial charge on any atom is -0.493 e. The molecule has 1 aromatic rings. The number of benzene rings is 1. The predicted octanol–water partition coefficient (Wildman–Crippen LogP) is 1.97. The largest absolute Gasteiger partial charge is 0.493 e. The molecule has 0 aliphatic heterocycles. The Bertz CT molecular complexity index is 352. The molecule has 0 atom stereocenters. The third-order valence-corrected chi connectivity index (χ3v) is 1.88. The Morgan fingerprint density at radius 3 is 2.87 bits per heavy atom. The standard InChI is InChI=1S/C11H14FNO2/c1-3-6-15-10-7-8(12)4-5-9(10)11(14)13-2/h4-5,7H,3,6H2,1-2H3,(H,13,14). The highest BCUT2D eigenvalue weighted by atomic mass is 19.1. The second kappa shape index (κ2) is 5.34. The molecule has 1 aromatic carbocycles. The highest BCUT2D eigenvalue weighted by Gasteiger charge is 2.11. The topological polar surface area (TPSA) is 38.3 Å². The van der Waals surface area contributed by atoms with Gasteiger partial charge in [-0.3, -0.25) is 4.79 Å². The van der Waals surface area contributed by atoms with Gasteiger partial charge in [-0.05, 0) is 18.6 Å². The van der Waals surface area contributed by atoms with Crippen molar-refractivity contribution in [2.24, 2.45) is 0 Å². The van der Waals surface area contributed by atoms with Crippen molar-refractivity contribution in [1.29, 1.82) is 0 Å². The van der Waals surface area contributed by atoms with Crippen molar-refractivity contribution < 1.29 is 13.9 Å². The van der Waals surface area contributed by atoms with Crippen molar-refractivity contribution in [3.63, 3.8) is 0 Å². The molecule has 0 bridgehead atoms. The van der Waals surface area contributed by atoms with Gasteiger partial charge in [0.1, 0.15) is 11.6 Å². The second-order valence-corrected chi connectivity index (χ2v) is 3.07. The molecule has 0 saturated carbocycles. The van der Waals surface area contributed by atoms with Crippen LogP contribution in [0.2, 0.25) is 0 Å². The summed E-state index contributed by atoms with van der Waals surface area (Å²) in [5.74, 6) is -0.397. The Hall–Kier alpha value is -1.58.